The highest BCUT2D eigenvalue weighted by Crippen LogP contribution is 2.62. The average Bonchev–Trinajstić information content (AvgIpc) is 2.70. The van der Waals surface area contributed by atoms with Crippen LogP contribution < -0.4 is 0 Å². The zero-order valence-corrected chi connectivity index (χ0v) is 17.9. The molecule has 158 valence electrons. The van der Waals surface area contributed by atoms with Crippen molar-refractivity contribution >= 4 is 11.9 Å². The van der Waals surface area contributed by atoms with Crippen LogP contribution in [0, 0.1) is 22.7 Å². The Morgan fingerprint density at radius 2 is 1.40 bits per heavy atom. The van der Waals surface area contributed by atoms with E-state index in [4.69, 9.17) is 9.47 Å². The molecule has 3 aliphatic rings. The molecule has 0 amide bonds. The molecule has 0 aliphatic heterocycles. The second-order valence-corrected chi connectivity index (χ2v) is 9.69. The number of esters is 2. The molecule has 5 rings (SSSR count). The van der Waals surface area contributed by atoms with E-state index in [2.05, 4.69) is 37.7 Å². The summed E-state index contributed by atoms with van der Waals surface area (Å²) < 4.78 is 12.1. The molecule has 3 fully saturated rings. The van der Waals surface area contributed by atoms with Crippen molar-refractivity contribution in [1.29, 1.82) is 0 Å². The molecule has 6 nitrogen and oxygen atoms in total. The van der Waals surface area contributed by atoms with Crippen LogP contribution in [0.3, 0.4) is 0 Å². The smallest absolute Gasteiger partial charge is 0.338 e. The number of hydrogen-bond acceptors (Lipinski definition) is 6. The molecule has 0 spiro atoms. The Kier molecular flexibility index (Phi) is 5.12. The zero-order chi connectivity index (χ0) is 21.5. The third-order valence-electron chi connectivity index (χ3n) is 6.81. The molecule has 2 aromatic rings. The van der Waals surface area contributed by atoms with Crippen molar-refractivity contribution in [3.8, 4) is 0 Å². The molecular formula is C24H28N2O4. The molecule has 5 atom stereocenters. The summed E-state index contributed by atoms with van der Waals surface area (Å²) >= 11 is 0. The van der Waals surface area contributed by atoms with Gasteiger partial charge < -0.3 is 9.47 Å². The van der Waals surface area contributed by atoms with Crippen LogP contribution in [0.1, 0.15) is 61.3 Å². The van der Waals surface area contributed by atoms with Crippen LogP contribution in [0.2, 0.25) is 0 Å². The van der Waals surface area contributed by atoms with E-state index >= 15 is 0 Å². The summed E-state index contributed by atoms with van der Waals surface area (Å²) in [7, 11) is 0. The first-order valence-electron chi connectivity index (χ1n) is 10.4. The van der Waals surface area contributed by atoms with E-state index in [0.717, 1.165) is 12.8 Å². The SMILES string of the molecule is CC1CC2(C)CC(C)(C)C1C(OC(=O)c1ccncc1)C2OC(=O)c1ccncc1. The van der Waals surface area contributed by atoms with Crippen LogP contribution >= 0.6 is 0 Å². The maximum atomic E-state index is 12.9. The summed E-state index contributed by atoms with van der Waals surface area (Å²) in [5.74, 6) is -0.372. The van der Waals surface area contributed by atoms with E-state index in [0.29, 0.717) is 17.0 Å². The average molecular weight is 408 g/mol. The van der Waals surface area contributed by atoms with Gasteiger partial charge in [0, 0.05) is 36.1 Å². The van der Waals surface area contributed by atoms with Crippen molar-refractivity contribution in [2.45, 2.75) is 52.7 Å². The van der Waals surface area contributed by atoms with Crippen molar-refractivity contribution in [2.75, 3.05) is 0 Å². The standard InChI is InChI=1S/C24H28N2O4/c1-15-13-24(4)14-23(2,3)18(15)19(29-21(27)16-5-9-25-10-6-16)20(24)30-22(28)17-7-11-26-12-8-17/h5-12,15,18-20H,13-14H2,1-4H3. The summed E-state index contributed by atoms with van der Waals surface area (Å²) in [5, 5.41) is 0. The minimum Gasteiger partial charge on any atom is -0.454 e. The summed E-state index contributed by atoms with van der Waals surface area (Å²) in [6.45, 7) is 8.80. The van der Waals surface area contributed by atoms with Gasteiger partial charge in [0.25, 0.3) is 0 Å². The highest BCUT2D eigenvalue weighted by molar-refractivity contribution is 5.90. The molecule has 2 aromatic heterocycles. The Morgan fingerprint density at radius 3 is 1.90 bits per heavy atom. The number of hydrogen-bond donors (Lipinski definition) is 0. The normalized spacial score (nSPS) is 31.7. The van der Waals surface area contributed by atoms with Crippen LogP contribution in [0.4, 0.5) is 0 Å². The number of carbonyl (C=O) groups is 2. The Bertz CT molecular complexity index is 931. The van der Waals surface area contributed by atoms with E-state index in [1.807, 2.05) is 0 Å². The zero-order valence-electron chi connectivity index (χ0n) is 17.9. The third kappa shape index (κ3) is 3.59. The highest BCUT2D eigenvalue weighted by Gasteiger charge is 2.63. The van der Waals surface area contributed by atoms with Crippen molar-refractivity contribution in [3.63, 3.8) is 0 Å². The first kappa shape index (κ1) is 20.5. The van der Waals surface area contributed by atoms with Gasteiger partial charge in [-0.2, -0.15) is 0 Å². The quantitative estimate of drug-likeness (QED) is 0.701. The fourth-order valence-corrected chi connectivity index (χ4v) is 6.13. The maximum Gasteiger partial charge on any atom is 0.338 e. The number of aromatic nitrogens is 2. The molecule has 5 unspecified atom stereocenters. The lowest BCUT2D eigenvalue weighted by Gasteiger charge is -2.62. The number of nitrogens with zero attached hydrogens (tertiary/aromatic N) is 2. The summed E-state index contributed by atoms with van der Waals surface area (Å²) in [6, 6.07) is 6.54. The number of rotatable bonds is 4. The molecule has 0 N–H and O–H groups in total. The third-order valence-corrected chi connectivity index (χ3v) is 6.81. The van der Waals surface area contributed by atoms with Gasteiger partial charge in [-0.25, -0.2) is 9.59 Å². The molecule has 3 aliphatic carbocycles. The predicted molar refractivity (Wildman–Crippen MR) is 111 cm³/mol. The van der Waals surface area contributed by atoms with E-state index in [9.17, 15) is 9.59 Å². The Balaban J connectivity index is 1.67. The van der Waals surface area contributed by atoms with Crippen LogP contribution in [0.25, 0.3) is 0 Å². The molecule has 0 aromatic carbocycles. The summed E-state index contributed by atoms with van der Waals surface area (Å²) in [4.78, 5) is 33.7. The molecule has 6 heteroatoms. The Labute approximate surface area is 177 Å². The van der Waals surface area contributed by atoms with Crippen LogP contribution in [0.15, 0.2) is 49.1 Å². The second kappa shape index (κ2) is 7.49. The second-order valence-electron chi connectivity index (χ2n) is 9.69. The molecule has 2 bridgehead atoms. The van der Waals surface area contributed by atoms with E-state index in [1.165, 1.54) is 0 Å². The largest absolute Gasteiger partial charge is 0.454 e. The minimum atomic E-state index is -0.506. The van der Waals surface area contributed by atoms with Crippen molar-refractivity contribution < 1.29 is 19.1 Å². The lowest BCUT2D eigenvalue weighted by molar-refractivity contribution is -0.218. The monoisotopic (exact) mass is 408 g/mol. The van der Waals surface area contributed by atoms with E-state index in [1.54, 1.807) is 49.1 Å². The van der Waals surface area contributed by atoms with Gasteiger partial charge >= 0.3 is 11.9 Å². The number of pyridine rings is 2. The van der Waals surface area contributed by atoms with Crippen molar-refractivity contribution in [2.24, 2.45) is 22.7 Å². The molecule has 0 saturated heterocycles. The van der Waals surface area contributed by atoms with Crippen molar-refractivity contribution in [3.05, 3.63) is 60.2 Å². The molecule has 3 saturated carbocycles. The van der Waals surface area contributed by atoms with Gasteiger partial charge in [-0.1, -0.05) is 27.7 Å². The first-order valence-corrected chi connectivity index (χ1v) is 10.4. The topological polar surface area (TPSA) is 78.4 Å². The van der Waals surface area contributed by atoms with Crippen molar-refractivity contribution in [1.82, 2.24) is 9.97 Å². The minimum absolute atomic E-state index is 0.0326. The van der Waals surface area contributed by atoms with Gasteiger partial charge in [-0.3, -0.25) is 9.97 Å². The Morgan fingerprint density at radius 1 is 0.900 bits per heavy atom. The molecular weight excluding hydrogens is 380 g/mol. The van der Waals surface area contributed by atoms with Gasteiger partial charge in [0.05, 0.1) is 11.1 Å². The van der Waals surface area contributed by atoms with E-state index in [-0.39, 0.29) is 16.7 Å². The molecule has 0 radical (unpaired) electrons. The van der Waals surface area contributed by atoms with Crippen LogP contribution in [-0.4, -0.2) is 34.1 Å². The van der Waals surface area contributed by atoms with Crippen LogP contribution in [-0.2, 0) is 9.47 Å². The van der Waals surface area contributed by atoms with E-state index < -0.39 is 24.1 Å². The number of ether oxygens (including phenoxy) is 2. The van der Waals surface area contributed by atoms with Gasteiger partial charge in [-0.05, 0) is 48.4 Å². The molecule has 30 heavy (non-hydrogen) atoms. The lowest BCUT2D eigenvalue weighted by Crippen LogP contribution is -2.65. The lowest BCUT2D eigenvalue weighted by atomic mass is 9.46. The Hall–Kier alpha value is -2.76. The van der Waals surface area contributed by atoms with Gasteiger partial charge in [-0.15, -0.1) is 0 Å². The van der Waals surface area contributed by atoms with Gasteiger partial charge in [0.15, 0.2) is 0 Å². The maximum absolute atomic E-state index is 12.9. The highest BCUT2D eigenvalue weighted by atomic mass is 16.6. The predicted octanol–water partition coefficient (Wildman–Crippen LogP) is 4.32. The number of fused-ring (bicyclic) bond motifs is 3. The van der Waals surface area contributed by atoms with Crippen LogP contribution in [0.5, 0.6) is 0 Å². The first-order chi connectivity index (χ1) is 14.2. The summed E-state index contributed by atoms with van der Waals surface area (Å²) in [6.07, 6.45) is 7.10. The van der Waals surface area contributed by atoms with Gasteiger partial charge in [0.2, 0.25) is 0 Å². The summed E-state index contributed by atoms with van der Waals surface area (Å²) in [5.41, 5.74) is 0.585. The fourth-order valence-electron chi connectivity index (χ4n) is 6.13. The molecule has 2 heterocycles. The fraction of sp³-hybridized carbons (Fsp3) is 0.500. The van der Waals surface area contributed by atoms with Gasteiger partial charge in [0.1, 0.15) is 12.2 Å². The number of carbonyl (C=O) groups excluding carboxylic acids is 2.